The topological polar surface area (TPSA) is 149 Å². The van der Waals surface area contributed by atoms with E-state index < -0.39 is 51.8 Å². The van der Waals surface area contributed by atoms with E-state index in [1.807, 2.05) is 12.2 Å². The SMILES string of the molecule is CC/C=C/C/C=C/C/C=C/C/C=C/C/C=C/C/C=C/CCC(=O)OC[C@@H](COP(=O)(O)OC[C@H](O)CO)OC(=O)CCCCCCCCCCCCCCC. The summed E-state index contributed by atoms with van der Waals surface area (Å²) >= 11 is 0. The van der Waals surface area contributed by atoms with Crippen LogP contribution in [0.2, 0.25) is 0 Å². The van der Waals surface area contributed by atoms with Gasteiger partial charge in [-0.25, -0.2) is 4.57 Å². The largest absolute Gasteiger partial charge is 0.472 e. The predicted octanol–water partition coefficient (Wildman–Crippen LogP) is 10.9. The zero-order chi connectivity index (χ0) is 40.5. The molecule has 0 aliphatic heterocycles. The molecule has 0 radical (unpaired) electrons. The highest BCUT2D eigenvalue weighted by Crippen LogP contribution is 2.43. The molecule has 10 nitrogen and oxygen atoms in total. The Hall–Kier alpha value is -2.59. The standard InChI is InChI=1S/C44H75O10P/c1-3-5-7-9-11-13-15-17-18-19-20-21-22-24-25-27-29-31-33-35-43(47)51-39-42(40-53-55(49,50)52-38-41(46)37-45)54-44(48)36-34-32-30-28-26-23-16-14-12-10-8-6-4-2/h5,7,11,13,17-18,20-21,24-25,29,31,41-42,45-46H,3-4,6,8-10,12,14-16,19,22-23,26-28,30,32-40H2,1-2H3,(H,49,50)/b7-5+,13-11+,18-17+,21-20+,25-24+,31-29+/t41-,42+/m1/s1. The minimum absolute atomic E-state index is 0.114. The van der Waals surface area contributed by atoms with E-state index in [1.165, 1.54) is 57.8 Å². The van der Waals surface area contributed by atoms with Gasteiger partial charge in [0.05, 0.1) is 19.8 Å². The zero-order valence-electron chi connectivity index (χ0n) is 34.1. The van der Waals surface area contributed by atoms with Crippen molar-refractivity contribution in [2.75, 3.05) is 26.4 Å². The van der Waals surface area contributed by atoms with E-state index >= 15 is 0 Å². The molecule has 0 saturated carbocycles. The molecule has 0 amide bonds. The van der Waals surface area contributed by atoms with Gasteiger partial charge in [-0.05, 0) is 51.4 Å². The molecular weight excluding hydrogens is 719 g/mol. The molecule has 0 aromatic carbocycles. The highest BCUT2D eigenvalue weighted by atomic mass is 31.2. The van der Waals surface area contributed by atoms with Gasteiger partial charge >= 0.3 is 19.8 Å². The number of aliphatic hydroxyl groups is 2. The lowest BCUT2D eigenvalue weighted by Gasteiger charge is -2.20. The number of rotatable bonds is 38. The first kappa shape index (κ1) is 52.4. The Labute approximate surface area is 333 Å². The molecule has 0 saturated heterocycles. The molecule has 3 N–H and O–H groups in total. The fourth-order valence-electron chi connectivity index (χ4n) is 5.19. The Morgan fingerprint density at radius 1 is 0.564 bits per heavy atom. The first-order valence-corrected chi connectivity index (χ1v) is 22.4. The molecule has 316 valence electrons. The van der Waals surface area contributed by atoms with Gasteiger partial charge in [0.2, 0.25) is 0 Å². The summed E-state index contributed by atoms with van der Waals surface area (Å²) in [6, 6.07) is 0. The number of phosphoric ester groups is 1. The summed E-state index contributed by atoms with van der Waals surface area (Å²) in [5.41, 5.74) is 0. The Bertz CT molecular complexity index is 1140. The second-order valence-electron chi connectivity index (χ2n) is 13.6. The molecular formula is C44H75O10P. The van der Waals surface area contributed by atoms with Crippen LogP contribution >= 0.6 is 7.82 Å². The monoisotopic (exact) mass is 795 g/mol. The maximum absolute atomic E-state index is 12.6. The minimum Gasteiger partial charge on any atom is -0.462 e. The van der Waals surface area contributed by atoms with Crippen molar-refractivity contribution >= 4 is 19.8 Å². The van der Waals surface area contributed by atoms with Crippen LogP contribution in [0, 0.1) is 0 Å². The molecule has 0 aromatic heterocycles. The van der Waals surface area contributed by atoms with E-state index in [0.717, 1.165) is 57.8 Å². The zero-order valence-corrected chi connectivity index (χ0v) is 35.0. The maximum Gasteiger partial charge on any atom is 0.472 e. The van der Waals surface area contributed by atoms with Crippen molar-refractivity contribution in [2.45, 2.75) is 167 Å². The Morgan fingerprint density at radius 2 is 1.00 bits per heavy atom. The molecule has 0 aliphatic carbocycles. The summed E-state index contributed by atoms with van der Waals surface area (Å²) in [6.07, 6.45) is 44.5. The summed E-state index contributed by atoms with van der Waals surface area (Å²) in [7, 11) is -4.63. The number of phosphoric acid groups is 1. The van der Waals surface area contributed by atoms with Crippen LogP contribution in [0.15, 0.2) is 72.9 Å². The van der Waals surface area contributed by atoms with Gasteiger partial charge in [0, 0.05) is 12.8 Å². The molecule has 0 aliphatic rings. The second-order valence-corrected chi connectivity index (χ2v) is 15.1. The van der Waals surface area contributed by atoms with Gasteiger partial charge in [-0.15, -0.1) is 0 Å². The lowest BCUT2D eigenvalue weighted by Crippen LogP contribution is -2.29. The van der Waals surface area contributed by atoms with Crippen LogP contribution in [0.1, 0.15) is 155 Å². The molecule has 11 heteroatoms. The third-order valence-electron chi connectivity index (χ3n) is 8.39. The van der Waals surface area contributed by atoms with Gasteiger partial charge < -0.3 is 24.6 Å². The number of hydrogen-bond donors (Lipinski definition) is 3. The second kappa shape index (κ2) is 39.6. The first-order valence-electron chi connectivity index (χ1n) is 20.9. The molecule has 0 spiro atoms. The number of carbonyl (C=O) groups excluding carboxylic acids is 2. The van der Waals surface area contributed by atoms with Crippen molar-refractivity contribution in [1.29, 1.82) is 0 Å². The van der Waals surface area contributed by atoms with Crippen LogP contribution in [0.4, 0.5) is 0 Å². The van der Waals surface area contributed by atoms with Crippen LogP contribution in [-0.2, 0) is 32.7 Å². The Kier molecular flexibility index (Phi) is 37.8. The number of ether oxygens (including phenoxy) is 2. The van der Waals surface area contributed by atoms with Crippen LogP contribution in [0.3, 0.4) is 0 Å². The average Bonchev–Trinajstić information content (AvgIpc) is 3.17. The third-order valence-corrected chi connectivity index (χ3v) is 9.34. The quantitative estimate of drug-likeness (QED) is 0.0239. The lowest BCUT2D eigenvalue weighted by atomic mass is 10.0. The maximum atomic E-state index is 12.6. The number of aliphatic hydroxyl groups excluding tert-OH is 2. The number of carbonyl (C=O) groups is 2. The number of hydrogen-bond acceptors (Lipinski definition) is 9. The minimum atomic E-state index is -4.63. The van der Waals surface area contributed by atoms with Gasteiger partial charge in [-0.3, -0.25) is 18.6 Å². The fourth-order valence-corrected chi connectivity index (χ4v) is 5.98. The normalized spacial score (nSPS) is 14.6. The molecule has 1 unspecified atom stereocenters. The number of esters is 2. The Balaban J connectivity index is 4.44. The number of unbranched alkanes of at least 4 members (excludes halogenated alkanes) is 12. The highest BCUT2D eigenvalue weighted by molar-refractivity contribution is 7.47. The van der Waals surface area contributed by atoms with Gasteiger partial charge in [-0.2, -0.15) is 0 Å². The average molecular weight is 795 g/mol. The summed E-state index contributed by atoms with van der Waals surface area (Å²) < 4.78 is 32.6. The summed E-state index contributed by atoms with van der Waals surface area (Å²) in [4.78, 5) is 34.9. The van der Waals surface area contributed by atoms with Gasteiger partial charge in [-0.1, -0.05) is 164 Å². The molecule has 0 heterocycles. The Morgan fingerprint density at radius 3 is 1.47 bits per heavy atom. The summed E-state index contributed by atoms with van der Waals surface area (Å²) in [5.74, 6) is -1.03. The van der Waals surface area contributed by atoms with Crippen molar-refractivity contribution in [3.8, 4) is 0 Å². The smallest absolute Gasteiger partial charge is 0.462 e. The van der Waals surface area contributed by atoms with Crippen LogP contribution in [-0.4, -0.2) is 65.7 Å². The van der Waals surface area contributed by atoms with Crippen molar-refractivity contribution in [1.82, 2.24) is 0 Å². The van der Waals surface area contributed by atoms with Gasteiger partial charge in [0.25, 0.3) is 0 Å². The van der Waals surface area contributed by atoms with E-state index in [1.54, 1.807) is 0 Å². The molecule has 0 bridgehead atoms. The van der Waals surface area contributed by atoms with E-state index in [4.69, 9.17) is 19.1 Å². The van der Waals surface area contributed by atoms with Crippen molar-refractivity contribution < 1.29 is 47.8 Å². The van der Waals surface area contributed by atoms with E-state index in [2.05, 4.69) is 79.1 Å². The van der Waals surface area contributed by atoms with Crippen molar-refractivity contribution in [3.05, 3.63) is 72.9 Å². The lowest BCUT2D eigenvalue weighted by molar-refractivity contribution is -0.161. The van der Waals surface area contributed by atoms with Crippen LogP contribution in [0.5, 0.6) is 0 Å². The van der Waals surface area contributed by atoms with Gasteiger partial charge in [0.1, 0.15) is 12.7 Å². The predicted molar refractivity (Wildman–Crippen MR) is 223 cm³/mol. The first-order chi connectivity index (χ1) is 26.7. The molecule has 55 heavy (non-hydrogen) atoms. The number of allylic oxidation sites excluding steroid dienone is 12. The molecule has 0 fully saturated rings. The molecule has 0 aromatic rings. The fraction of sp³-hybridized carbons (Fsp3) is 0.682. The van der Waals surface area contributed by atoms with E-state index in [9.17, 15) is 24.2 Å². The van der Waals surface area contributed by atoms with E-state index in [-0.39, 0.29) is 19.4 Å². The van der Waals surface area contributed by atoms with Crippen LogP contribution < -0.4 is 0 Å². The van der Waals surface area contributed by atoms with E-state index in [0.29, 0.717) is 12.8 Å². The van der Waals surface area contributed by atoms with Gasteiger partial charge in [0.15, 0.2) is 6.10 Å². The summed E-state index contributed by atoms with van der Waals surface area (Å²) in [6.45, 7) is 2.16. The highest BCUT2D eigenvalue weighted by Gasteiger charge is 2.27. The summed E-state index contributed by atoms with van der Waals surface area (Å²) in [5, 5.41) is 18.3. The van der Waals surface area contributed by atoms with Crippen LogP contribution in [0.25, 0.3) is 0 Å². The molecule has 3 atom stereocenters. The van der Waals surface area contributed by atoms with Crippen molar-refractivity contribution in [2.24, 2.45) is 0 Å². The van der Waals surface area contributed by atoms with Crippen molar-refractivity contribution in [3.63, 3.8) is 0 Å². The third kappa shape index (κ3) is 39.4. The molecule has 0 rings (SSSR count).